The molecule has 0 fully saturated rings. The molecule has 0 spiro atoms. The van der Waals surface area contributed by atoms with Crippen molar-refractivity contribution in [3.05, 3.63) is 28.2 Å². The van der Waals surface area contributed by atoms with Crippen molar-refractivity contribution < 1.29 is 13.5 Å². The second-order valence-electron chi connectivity index (χ2n) is 3.45. The molecule has 0 aliphatic heterocycles. The minimum Gasteiger partial charge on any atom is -0.506 e. The van der Waals surface area contributed by atoms with Crippen molar-refractivity contribution in [3.8, 4) is 5.75 Å². The molecule has 0 radical (unpaired) electrons. The summed E-state index contributed by atoms with van der Waals surface area (Å²) >= 11 is 3.21. The number of sulfonamides is 1. The highest BCUT2D eigenvalue weighted by molar-refractivity contribution is 9.10. The van der Waals surface area contributed by atoms with E-state index in [1.807, 2.05) is 6.07 Å². The average molecular weight is 323 g/mol. The van der Waals surface area contributed by atoms with Crippen LogP contribution in [0.1, 0.15) is 5.56 Å². The Balaban J connectivity index is 2.44. The molecule has 0 atom stereocenters. The number of hydrogen-bond donors (Lipinski definition) is 3. The Morgan fingerprint density at radius 1 is 1.41 bits per heavy atom. The third-order valence-corrected chi connectivity index (χ3v) is 4.25. The molecule has 0 unspecified atom stereocenters. The van der Waals surface area contributed by atoms with Gasteiger partial charge in [-0.2, -0.15) is 0 Å². The normalized spacial score (nSPS) is 11.6. The molecule has 0 amide bonds. The SMILES string of the molecule is CNS(=O)(=O)CCNCc1cccc(Br)c1O. The van der Waals surface area contributed by atoms with E-state index in [0.29, 0.717) is 17.6 Å². The minimum atomic E-state index is -3.18. The fraction of sp³-hybridized carbons (Fsp3) is 0.400. The van der Waals surface area contributed by atoms with Gasteiger partial charge in [0.25, 0.3) is 0 Å². The molecule has 0 heterocycles. The van der Waals surface area contributed by atoms with E-state index in [1.165, 1.54) is 7.05 Å². The number of hydrogen-bond acceptors (Lipinski definition) is 4. The molecule has 0 saturated heterocycles. The number of phenolic OH excluding ortho intramolecular Hbond substituents is 1. The Hall–Kier alpha value is -0.630. The fourth-order valence-corrected chi connectivity index (χ4v) is 2.26. The van der Waals surface area contributed by atoms with E-state index in [4.69, 9.17) is 0 Å². The van der Waals surface area contributed by atoms with Crippen LogP contribution >= 0.6 is 15.9 Å². The summed E-state index contributed by atoms with van der Waals surface area (Å²) in [7, 11) is -1.79. The first-order chi connectivity index (χ1) is 7.96. The van der Waals surface area contributed by atoms with Gasteiger partial charge in [0.15, 0.2) is 0 Å². The highest BCUT2D eigenvalue weighted by atomic mass is 79.9. The van der Waals surface area contributed by atoms with Crippen LogP contribution in [-0.2, 0) is 16.6 Å². The molecule has 17 heavy (non-hydrogen) atoms. The van der Waals surface area contributed by atoms with Crippen molar-refractivity contribution in [1.29, 1.82) is 0 Å². The number of benzene rings is 1. The van der Waals surface area contributed by atoms with Gasteiger partial charge in [0.1, 0.15) is 5.75 Å². The van der Waals surface area contributed by atoms with E-state index >= 15 is 0 Å². The molecule has 96 valence electrons. The third-order valence-electron chi connectivity index (χ3n) is 2.24. The van der Waals surface area contributed by atoms with Crippen molar-refractivity contribution in [2.24, 2.45) is 0 Å². The quantitative estimate of drug-likeness (QED) is 0.677. The number of nitrogens with one attached hydrogen (secondary N) is 2. The van der Waals surface area contributed by atoms with E-state index in [9.17, 15) is 13.5 Å². The predicted molar refractivity (Wildman–Crippen MR) is 70.4 cm³/mol. The molecule has 0 bridgehead atoms. The van der Waals surface area contributed by atoms with Crippen LogP contribution in [0.4, 0.5) is 0 Å². The smallest absolute Gasteiger partial charge is 0.212 e. The number of rotatable bonds is 6. The van der Waals surface area contributed by atoms with Crippen LogP contribution < -0.4 is 10.0 Å². The lowest BCUT2D eigenvalue weighted by Crippen LogP contribution is -2.29. The molecule has 3 N–H and O–H groups in total. The van der Waals surface area contributed by atoms with Crippen molar-refractivity contribution in [2.75, 3.05) is 19.3 Å². The lowest BCUT2D eigenvalue weighted by atomic mass is 10.2. The molecule has 0 saturated carbocycles. The first kappa shape index (κ1) is 14.4. The first-order valence-corrected chi connectivity index (χ1v) is 7.49. The maximum Gasteiger partial charge on any atom is 0.212 e. The number of para-hydroxylation sites is 1. The lowest BCUT2D eigenvalue weighted by Gasteiger charge is -2.08. The molecular formula is C10H15BrN2O3S. The summed E-state index contributed by atoms with van der Waals surface area (Å²) in [5.41, 5.74) is 0.723. The summed E-state index contributed by atoms with van der Waals surface area (Å²) in [5, 5.41) is 12.6. The van der Waals surface area contributed by atoms with E-state index in [1.54, 1.807) is 12.1 Å². The van der Waals surface area contributed by atoms with E-state index in [0.717, 1.165) is 5.56 Å². The first-order valence-electron chi connectivity index (χ1n) is 5.04. The summed E-state index contributed by atoms with van der Waals surface area (Å²) in [5.74, 6) is 0.189. The van der Waals surface area contributed by atoms with Gasteiger partial charge in [0.2, 0.25) is 10.0 Å². The van der Waals surface area contributed by atoms with Crippen LogP contribution in [0.25, 0.3) is 0 Å². The molecule has 5 nitrogen and oxygen atoms in total. The van der Waals surface area contributed by atoms with Crippen LogP contribution in [0, 0.1) is 0 Å². The van der Waals surface area contributed by atoms with E-state index < -0.39 is 10.0 Å². The topological polar surface area (TPSA) is 78.4 Å². The van der Waals surface area contributed by atoms with E-state index in [-0.39, 0.29) is 11.5 Å². The van der Waals surface area contributed by atoms with Gasteiger partial charge in [-0.15, -0.1) is 0 Å². The molecule has 1 rings (SSSR count). The molecule has 0 aromatic heterocycles. The monoisotopic (exact) mass is 322 g/mol. The van der Waals surface area contributed by atoms with Gasteiger partial charge in [-0.3, -0.25) is 0 Å². The second-order valence-corrected chi connectivity index (χ2v) is 6.35. The summed E-state index contributed by atoms with van der Waals surface area (Å²) in [6.45, 7) is 0.750. The van der Waals surface area contributed by atoms with Gasteiger partial charge < -0.3 is 10.4 Å². The largest absolute Gasteiger partial charge is 0.506 e. The predicted octanol–water partition coefficient (Wildman–Crippen LogP) is 0.794. The van der Waals surface area contributed by atoms with Gasteiger partial charge in [0, 0.05) is 18.7 Å². The zero-order chi connectivity index (χ0) is 12.9. The summed E-state index contributed by atoms with van der Waals surface area (Å²) < 4.78 is 25.1. The fourth-order valence-electron chi connectivity index (χ4n) is 1.23. The van der Waals surface area contributed by atoms with Crippen LogP contribution in [0.3, 0.4) is 0 Å². The molecule has 7 heteroatoms. The zero-order valence-corrected chi connectivity index (χ0v) is 11.8. The van der Waals surface area contributed by atoms with Gasteiger partial charge in [0.05, 0.1) is 10.2 Å². The van der Waals surface area contributed by atoms with Gasteiger partial charge in [-0.05, 0) is 29.0 Å². The molecular weight excluding hydrogens is 308 g/mol. The van der Waals surface area contributed by atoms with Crippen molar-refractivity contribution in [3.63, 3.8) is 0 Å². The maximum atomic E-state index is 11.1. The van der Waals surface area contributed by atoms with Crippen LogP contribution in [-0.4, -0.2) is 32.9 Å². The Labute approximate surface area is 109 Å². The zero-order valence-electron chi connectivity index (χ0n) is 9.40. The van der Waals surface area contributed by atoms with Gasteiger partial charge in [-0.1, -0.05) is 12.1 Å². The summed E-state index contributed by atoms with van der Waals surface area (Å²) in [6.07, 6.45) is 0. The maximum absolute atomic E-state index is 11.1. The molecule has 1 aromatic rings. The average Bonchev–Trinajstić information content (AvgIpc) is 2.30. The van der Waals surface area contributed by atoms with Gasteiger partial charge in [-0.25, -0.2) is 13.1 Å². The van der Waals surface area contributed by atoms with Crippen LogP contribution in [0.5, 0.6) is 5.75 Å². The summed E-state index contributed by atoms with van der Waals surface area (Å²) in [6, 6.07) is 5.33. The van der Waals surface area contributed by atoms with Crippen LogP contribution in [0.2, 0.25) is 0 Å². The Bertz CT molecular complexity index is 476. The van der Waals surface area contributed by atoms with Crippen molar-refractivity contribution in [1.82, 2.24) is 10.0 Å². The molecule has 0 aliphatic rings. The third kappa shape index (κ3) is 4.63. The Kier molecular flexibility index (Phi) is 5.38. The molecule has 1 aromatic carbocycles. The standard InChI is InChI=1S/C10H15BrN2O3S/c1-12-17(15,16)6-5-13-7-8-3-2-4-9(11)10(8)14/h2-4,12-14H,5-7H2,1H3. The second kappa shape index (κ2) is 6.34. The van der Waals surface area contributed by atoms with Crippen molar-refractivity contribution >= 4 is 26.0 Å². The molecule has 0 aliphatic carbocycles. The number of aromatic hydroxyl groups is 1. The minimum absolute atomic E-state index is 0.0122. The summed E-state index contributed by atoms with van der Waals surface area (Å²) in [4.78, 5) is 0. The number of phenols is 1. The lowest BCUT2D eigenvalue weighted by molar-refractivity contribution is 0.461. The Morgan fingerprint density at radius 3 is 2.76 bits per heavy atom. The highest BCUT2D eigenvalue weighted by Gasteiger charge is 2.07. The van der Waals surface area contributed by atoms with Gasteiger partial charge >= 0.3 is 0 Å². The van der Waals surface area contributed by atoms with E-state index in [2.05, 4.69) is 26.0 Å². The van der Waals surface area contributed by atoms with Crippen molar-refractivity contribution in [2.45, 2.75) is 6.54 Å². The highest BCUT2D eigenvalue weighted by Crippen LogP contribution is 2.26. The Morgan fingerprint density at radius 2 is 2.12 bits per heavy atom. The number of halogens is 1. The van der Waals surface area contributed by atoms with Crippen LogP contribution in [0.15, 0.2) is 22.7 Å².